The maximum absolute atomic E-state index is 13.8. The smallest absolute Gasteiger partial charge is 0.233 e. The molecule has 0 fully saturated rings. The molecule has 2 aromatic carbocycles. The maximum Gasteiger partial charge on any atom is 0.233 e. The SMILES string of the molecule is CC(C)(C)N(Cc1ccccc1)C(=O)CSc1nnc(Nc2ccccc2F)s1. The third kappa shape index (κ3) is 6.01. The van der Waals surface area contributed by atoms with E-state index >= 15 is 0 Å². The fraction of sp³-hybridized carbons (Fsp3) is 0.286. The molecule has 152 valence electrons. The van der Waals surface area contributed by atoms with Crippen LogP contribution in [0.25, 0.3) is 0 Å². The van der Waals surface area contributed by atoms with Crippen molar-refractivity contribution < 1.29 is 9.18 Å². The van der Waals surface area contributed by atoms with Crippen LogP contribution >= 0.6 is 23.1 Å². The first-order valence-electron chi connectivity index (χ1n) is 9.15. The largest absolute Gasteiger partial charge is 0.333 e. The molecule has 1 heterocycles. The van der Waals surface area contributed by atoms with Crippen molar-refractivity contribution in [2.24, 2.45) is 0 Å². The number of carbonyl (C=O) groups excluding carboxylic acids is 1. The van der Waals surface area contributed by atoms with Gasteiger partial charge in [0.2, 0.25) is 11.0 Å². The number of anilines is 2. The Hall–Kier alpha value is -2.45. The van der Waals surface area contributed by atoms with Crippen LogP contribution in [0.15, 0.2) is 58.9 Å². The number of halogens is 1. The van der Waals surface area contributed by atoms with Crippen LogP contribution in [-0.4, -0.2) is 32.3 Å². The van der Waals surface area contributed by atoms with E-state index in [0.717, 1.165) is 5.56 Å². The number of nitrogens with one attached hydrogen (secondary N) is 1. The number of rotatable bonds is 7. The van der Waals surface area contributed by atoms with E-state index in [0.29, 0.717) is 21.7 Å². The fourth-order valence-corrected chi connectivity index (χ4v) is 4.30. The van der Waals surface area contributed by atoms with Crippen molar-refractivity contribution in [3.05, 3.63) is 66.0 Å². The van der Waals surface area contributed by atoms with Gasteiger partial charge in [-0.15, -0.1) is 10.2 Å². The van der Waals surface area contributed by atoms with Gasteiger partial charge in [0.15, 0.2) is 4.34 Å². The van der Waals surface area contributed by atoms with E-state index in [2.05, 4.69) is 15.5 Å². The number of aromatic nitrogens is 2. The van der Waals surface area contributed by atoms with E-state index in [1.54, 1.807) is 18.2 Å². The highest BCUT2D eigenvalue weighted by atomic mass is 32.2. The number of carbonyl (C=O) groups is 1. The van der Waals surface area contributed by atoms with Crippen molar-refractivity contribution in [1.29, 1.82) is 0 Å². The number of benzene rings is 2. The summed E-state index contributed by atoms with van der Waals surface area (Å²) in [6.45, 7) is 6.64. The number of thioether (sulfide) groups is 1. The van der Waals surface area contributed by atoms with Gasteiger partial charge < -0.3 is 10.2 Å². The molecular formula is C21H23FN4OS2. The van der Waals surface area contributed by atoms with Gasteiger partial charge >= 0.3 is 0 Å². The van der Waals surface area contributed by atoms with Gasteiger partial charge in [0.25, 0.3) is 0 Å². The molecule has 0 spiro atoms. The van der Waals surface area contributed by atoms with E-state index in [9.17, 15) is 9.18 Å². The molecule has 1 N–H and O–H groups in total. The Morgan fingerprint density at radius 2 is 1.79 bits per heavy atom. The number of amides is 1. The summed E-state index contributed by atoms with van der Waals surface area (Å²) in [6.07, 6.45) is 0. The van der Waals surface area contributed by atoms with Crippen molar-refractivity contribution in [2.45, 2.75) is 37.2 Å². The average molecular weight is 431 g/mol. The molecule has 8 heteroatoms. The Kier molecular flexibility index (Phi) is 6.87. The van der Waals surface area contributed by atoms with Gasteiger partial charge in [-0.2, -0.15) is 0 Å². The predicted octanol–water partition coefficient (Wildman–Crippen LogP) is 5.34. The molecule has 0 unspecified atom stereocenters. The van der Waals surface area contributed by atoms with Gasteiger partial charge in [-0.05, 0) is 38.5 Å². The van der Waals surface area contributed by atoms with Crippen molar-refractivity contribution in [3.8, 4) is 0 Å². The Balaban J connectivity index is 1.61. The minimum absolute atomic E-state index is 0.0326. The van der Waals surface area contributed by atoms with Crippen molar-refractivity contribution in [3.63, 3.8) is 0 Å². The Labute approximate surface area is 178 Å². The monoisotopic (exact) mass is 430 g/mol. The number of nitrogens with zero attached hydrogens (tertiary/aromatic N) is 3. The summed E-state index contributed by atoms with van der Waals surface area (Å²) in [5, 5.41) is 11.5. The zero-order valence-corrected chi connectivity index (χ0v) is 18.2. The highest BCUT2D eigenvalue weighted by Gasteiger charge is 2.26. The van der Waals surface area contributed by atoms with Gasteiger partial charge in [-0.1, -0.05) is 65.6 Å². The van der Waals surface area contributed by atoms with Crippen LogP contribution in [0.2, 0.25) is 0 Å². The zero-order valence-electron chi connectivity index (χ0n) is 16.6. The third-order valence-electron chi connectivity index (χ3n) is 4.14. The lowest BCUT2D eigenvalue weighted by Gasteiger charge is -2.36. The van der Waals surface area contributed by atoms with E-state index in [-0.39, 0.29) is 23.0 Å². The summed E-state index contributed by atoms with van der Waals surface area (Å²) in [6, 6.07) is 16.3. The molecule has 1 aromatic heterocycles. The number of para-hydroxylation sites is 1. The van der Waals surface area contributed by atoms with Gasteiger partial charge in [-0.25, -0.2) is 4.39 Å². The molecule has 0 saturated heterocycles. The molecule has 0 aliphatic heterocycles. The summed E-state index contributed by atoms with van der Waals surface area (Å²) in [7, 11) is 0. The van der Waals surface area contributed by atoms with Crippen LogP contribution in [-0.2, 0) is 11.3 Å². The van der Waals surface area contributed by atoms with Crippen LogP contribution in [0, 0.1) is 5.82 Å². The van der Waals surface area contributed by atoms with Crippen molar-refractivity contribution in [2.75, 3.05) is 11.1 Å². The van der Waals surface area contributed by atoms with Gasteiger partial charge in [0.05, 0.1) is 11.4 Å². The first-order chi connectivity index (χ1) is 13.8. The summed E-state index contributed by atoms with van der Waals surface area (Å²) in [5.74, 6) is -0.0581. The topological polar surface area (TPSA) is 58.1 Å². The predicted molar refractivity (Wildman–Crippen MR) is 117 cm³/mol. The summed E-state index contributed by atoms with van der Waals surface area (Å²) >= 11 is 2.63. The minimum atomic E-state index is -0.353. The van der Waals surface area contributed by atoms with Crippen molar-refractivity contribution >= 4 is 39.8 Å². The lowest BCUT2D eigenvalue weighted by Crippen LogP contribution is -2.45. The summed E-state index contributed by atoms with van der Waals surface area (Å²) in [5.41, 5.74) is 1.14. The Bertz CT molecular complexity index is 957. The fourth-order valence-electron chi connectivity index (χ4n) is 2.66. The van der Waals surface area contributed by atoms with Crippen LogP contribution in [0.1, 0.15) is 26.3 Å². The molecule has 0 atom stereocenters. The number of hydrogen-bond donors (Lipinski definition) is 1. The molecule has 5 nitrogen and oxygen atoms in total. The maximum atomic E-state index is 13.8. The molecule has 29 heavy (non-hydrogen) atoms. The third-order valence-corrected chi connectivity index (χ3v) is 6.09. The Morgan fingerprint density at radius 3 is 2.48 bits per heavy atom. The van der Waals surface area contributed by atoms with Gasteiger partial charge in [0.1, 0.15) is 5.82 Å². The lowest BCUT2D eigenvalue weighted by atomic mass is 10.0. The molecular weight excluding hydrogens is 407 g/mol. The molecule has 0 radical (unpaired) electrons. The second kappa shape index (κ2) is 9.37. The van der Waals surface area contributed by atoms with Crippen LogP contribution in [0.4, 0.5) is 15.2 Å². The molecule has 0 bridgehead atoms. The first kappa shape index (κ1) is 21.3. The van der Waals surface area contributed by atoms with Crippen LogP contribution in [0.5, 0.6) is 0 Å². The first-order valence-corrected chi connectivity index (χ1v) is 11.0. The van der Waals surface area contributed by atoms with Crippen LogP contribution < -0.4 is 5.32 Å². The van der Waals surface area contributed by atoms with Crippen molar-refractivity contribution in [1.82, 2.24) is 15.1 Å². The molecule has 0 aliphatic carbocycles. The van der Waals surface area contributed by atoms with Gasteiger partial charge in [-0.3, -0.25) is 4.79 Å². The van der Waals surface area contributed by atoms with Gasteiger partial charge in [0, 0.05) is 12.1 Å². The van der Waals surface area contributed by atoms with E-state index in [1.807, 2.05) is 56.0 Å². The molecule has 0 saturated carbocycles. The lowest BCUT2D eigenvalue weighted by molar-refractivity contribution is -0.133. The average Bonchev–Trinajstić information content (AvgIpc) is 3.13. The second-order valence-electron chi connectivity index (χ2n) is 7.40. The standard InChI is InChI=1S/C21H23FN4OS2/c1-21(2,3)26(13-15-9-5-4-6-10-15)18(27)14-28-20-25-24-19(29-20)23-17-12-8-7-11-16(17)22/h4-12H,13-14H2,1-3H3,(H,23,24). The molecule has 3 aromatic rings. The van der Waals surface area contributed by atoms with Crippen LogP contribution in [0.3, 0.4) is 0 Å². The summed E-state index contributed by atoms with van der Waals surface area (Å²) < 4.78 is 14.4. The molecule has 3 rings (SSSR count). The van der Waals surface area contributed by atoms with E-state index in [4.69, 9.17) is 0 Å². The quantitative estimate of drug-likeness (QED) is 0.513. The summed E-state index contributed by atoms with van der Waals surface area (Å²) in [4.78, 5) is 14.8. The zero-order chi connectivity index (χ0) is 20.9. The molecule has 0 aliphatic rings. The normalized spacial score (nSPS) is 11.3. The highest BCUT2D eigenvalue weighted by molar-refractivity contribution is 8.01. The second-order valence-corrected chi connectivity index (χ2v) is 9.60. The highest BCUT2D eigenvalue weighted by Crippen LogP contribution is 2.29. The van der Waals surface area contributed by atoms with E-state index < -0.39 is 0 Å². The number of hydrogen-bond acceptors (Lipinski definition) is 6. The minimum Gasteiger partial charge on any atom is -0.333 e. The Morgan fingerprint density at radius 1 is 1.10 bits per heavy atom. The van der Waals surface area contributed by atoms with E-state index in [1.165, 1.54) is 29.2 Å². The molecule has 1 amide bonds.